The second-order valence-electron chi connectivity index (χ2n) is 8.54. The second kappa shape index (κ2) is 9.15. The first kappa shape index (κ1) is 21.3. The van der Waals surface area contributed by atoms with Crippen molar-refractivity contribution in [2.45, 2.75) is 44.7 Å². The van der Waals surface area contributed by atoms with E-state index in [0.29, 0.717) is 31.4 Å². The highest BCUT2D eigenvalue weighted by atomic mass is 19.1. The van der Waals surface area contributed by atoms with Crippen LogP contribution in [-0.2, 0) is 13.0 Å². The number of hydrogen-bond donors (Lipinski definition) is 3. The van der Waals surface area contributed by atoms with Gasteiger partial charge in [-0.15, -0.1) is 0 Å². The smallest absolute Gasteiger partial charge is 0.224 e. The standard InChI is InChI=1S/C25H28FN7/c26-19-5-3-4-18(14-19)17-10-8-16(9-11-17)15-29-23-22-24(32-25(28)31-23)33(20-6-1-2-7-20)21(30-22)12-13-27/h3-5,8-11,14,20H,1-2,6-7,12-13,15,27H2,(H3,28,29,31,32). The van der Waals surface area contributed by atoms with Crippen molar-refractivity contribution in [3.05, 3.63) is 65.7 Å². The number of aromatic nitrogens is 4. The number of hydrogen-bond acceptors (Lipinski definition) is 6. The van der Waals surface area contributed by atoms with Gasteiger partial charge in [0.25, 0.3) is 0 Å². The molecule has 2 aromatic carbocycles. The molecule has 0 atom stereocenters. The van der Waals surface area contributed by atoms with Crippen molar-refractivity contribution in [1.29, 1.82) is 0 Å². The van der Waals surface area contributed by atoms with E-state index in [1.165, 1.54) is 25.0 Å². The molecule has 2 heterocycles. The molecule has 8 heteroatoms. The Labute approximate surface area is 192 Å². The predicted octanol–water partition coefficient (Wildman–Crippen LogP) is 4.44. The third-order valence-electron chi connectivity index (χ3n) is 6.26. The number of halogens is 1. The number of nitrogens with two attached hydrogens (primary N) is 2. The zero-order valence-electron chi connectivity index (χ0n) is 18.5. The first-order valence-corrected chi connectivity index (χ1v) is 11.5. The molecule has 5 rings (SSSR count). The largest absolute Gasteiger partial charge is 0.368 e. The maximum absolute atomic E-state index is 13.5. The van der Waals surface area contributed by atoms with E-state index >= 15 is 0 Å². The van der Waals surface area contributed by atoms with Gasteiger partial charge < -0.3 is 21.4 Å². The molecule has 170 valence electrons. The summed E-state index contributed by atoms with van der Waals surface area (Å²) in [5.41, 5.74) is 16.3. The molecule has 0 unspecified atom stereocenters. The van der Waals surface area contributed by atoms with E-state index in [-0.39, 0.29) is 11.8 Å². The van der Waals surface area contributed by atoms with Crippen molar-refractivity contribution < 1.29 is 4.39 Å². The SMILES string of the molecule is NCCc1nc2c(NCc3ccc(-c4cccc(F)c4)cc3)nc(N)nc2n1C1CCCC1. The molecule has 7 nitrogen and oxygen atoms in total. The fourth-order valence-electron chi connectivity index (χ4n) is 4.68. The van der Waals surface area contributed by atoms with Crippen LogP contribution < -0.4 is 16.8 Å². The van der Waals surface area contributed by atoms with Gasteiger partial charge in [-0.25, -0.2) is 9.37 Å². The van der Waals surface area contributed by atoms with Crippen LogP contribution in [0.25, 0.3) is 22.3 Å². The Kier molecular flexibility index (Phi) is 5.92. The molecule has 5 N–H and O–H groups in total. The molecule has 1 aliphatic carbocycles. The fourth-order valence-corrected chi connectivity index (χ4v) is 4.68. The van der Waals surface area contributed by atoms with Crippen molar-refractivity contribution >= 4 is 22.9 Å². The topological polar surface area (TPSA) is 108 Å². The maximum Gasteiger partial charge on any atom is 0.224 e. The number of rotatable bonds is 7. The van der Waals surface area contributed by atoms with Gasteiger partial charge in [-0.3, -0.25) is 0 Å². The third kappa shape index (κ3) is 4.39. The number of benzene rings is 2. The average molecular weight is 446 g/mol. The van der Waals surface area contributed by atoms with E-state index in [9.17, 15) is 4.39 Å². The first-order chi connectivity index (χ1) is 16.1. The molecule has 33 heavy (non-hydrogen) atoms. The van der Waals surface area contributed by atoms with Crippen LogP contribution in [0, 0.1) is 5.82 Å². The van der Waals surface area contributed by atoms with Crippen LogP contribution in [0.4, 0.5) is 16.2 Å². The van der Waals surface area contributed by atoms with Crippen molar-refractivity contribution in [3.63, 3.8) is 0 Å². The molecule has 0 aliphatic heterocycles. The van der Waals surface area contributed by atoms with Crippen LogP contribution in [-0.4, -0.2) is 26.1 Å². The molecule has 1 aliphatic rings. The lowest BCUT2D eigenvalue weighted by Gasteiger charge is -2.15. The summed E-state index contributed by atoms with van der Waals surface area (Å²) in [5, 5.41) is 3.39. The number of fused-ring (bicyclic) bond motifs is 1. The van der Waals surface area contributed by atoms with Crippen LogP contribution in [0.5, 0.6) is 0 Å². The Morgan fingerprint density at radius 1 is 1.00 bits per heavy atom. The average Bonchev–Trinajstić information content (AvgIpc) is 3.46. The molecule has 2 aromatic heterocycles. The zero-order chi connectivity index (χ0) is 22.8. The van der Waals surface area contributed by atoms with Crippen molar-refractivity contribution in [1.82, 2.24) is 19.5 Å². The Morgan fingerprint density at radius 2 is 1.79 bits per heavy atom. The monoisotopic (exact) mass is 445 g/mol. The predicted molar refractivity (Wildman–Crippen MR) is 129 cm³/mol. The van der Waals surface area contributed by atoms with E-state index in [1.807, 2.05) is 30.3 Å². The van der Waals surface area contributed by atoms with Crippen LogP contribution in [0.2, 0.25) is 0 Å². The van der Waals surface area contributed by atoms with E-state index in [0.717, 1.165) is 46.5 Å². The number of anilines is 2. The molecule has 0 amide bonds. The molecular formula is C25H28FN7. The third-order valence-corrected chi connectivity index (χ3v) is 6.26. The van der Waals surface area contributed by atoms with Crippen LogP contribution in [0.3, 0.4) is 0 Å². The van der Waals surface area contributed by atoms with Crippen molar-refractivity contribution in [2.75, 3.05) is 17.6 Å². The van der Waals surface area contributed by atoms with Crippen molar-refractivity contribution in [2.24, 2.45) is 5.73 Å². The van der Waals surface area contributed by atoms with Gasteiger partial charge in [0.2, 0.25) is 5.95 Å². The van der Waals surface area contributed by atoms with Gasteiger partial charge in [0.05, 0.1) is 0 Å². The summed E-state index contributed by atoms with van der Waals surface area (Å²) in [7, 11) is 0. The Morgan fingerprint density at radius 3 is 2.52 bits per heavy atom. The summed E-state index contributed by atoms with van der Waals surface area (Å²) in [5.74, 6) is 1.56. The zero-order valence-corrected chi connectivity index (χ0v) is 18.5. The van der Waals surface area contributed by atoms with E-state index in [1.54, 1.807) is 6.07 Å². The highest BCUT2D eigenvalue weighted by molar-refractivity contribution is 5.85. The highest BCUT2D eigenvalue weighted by Gasteiger charge is 2.25. The molecule has 4 aromatic rings. The van der Waals surface area contributed by atoms with Crippen LogP contribution >= 0.6 is 0 Å². The number of nitrogens with one attached hydrogen (secondary N) is 1. The van der Waals surface area contributed by atoms with Gasteiger partial charge in [-0.1, -0.05) is 49.2 Å². The van der Waals surface area contributed by atoms with Gasteiger partial charge in [0, 0.05) is 19.0 Å². The summed E-state index contributed by atoms with van der Waals surface area (Å²) in [4.78, 5) is 13.9. The quantitative estimate of drug-likeness (QED) is 0.388. The lowest BCUT2D eigenvalue weighted by molar-refractivity contribution is 0.507. The molecule has 1 saturated carbocycles. The lowest BCUT2D eigenvalue weighted by atomic mass is 10.0. The van der Waals surface area contributed by atoms with Gasteiger partial charge in [-0.2, -0.15) is 9.97 Å². The number of imidazole rings is 1. The van der Waals surface area contributed by atoms with Gasteiger partial charge in [-0.05, 0) is 48.2 Å². The Bertz CT molecular complexity index is 1260. The summed E-state index contributed by atoms with van der Waals surface area (Å²) < 4.78 is 15.8. The summed E-state index contributed by atoms with van der Waals surface area (Å²) in [6.07, 6.45) is 5.35. The minimum atomic E-state index is -0.241. The fraction of sp³-hybridized carbons (Fsp3) is 0.320. The molecular weight excluding hydrogens is 417 g/mol. The number of nitrogens with zero attached hydrogens (tertiary/aromatic N) is 4. The molecule has 0 radical (unpaired) electrons. The van der Waals surface area contributed by atoms with E-state index in [2.05, 4.69) is 19.9 Å². The minimum absolute atomic E-state index is 0.227. The highest BCUT2D eigenvalue weighted by Crippen LogP contribution is 2.35. The first-order valence-electron chi connectivity index (χ1n) is 11.5. The van der Waals surface area contributed by atoms with E-state index < -0.39 is 0 Å². The van der Waals surface area contributed by atoms with E-state index in [4.69, 9.17) is 16.5 Å². The van der Waals surface area contributed by atoms with Gasteiger partial charge in [0.1, 0.15) is 11.6 Å². The van der Waals surface area contributed by atoms with Crippen molar-refractivity contribution in [3.8, 4) is 11.1 Å². The molecule has 0 bridgehead atoms. The maximum atomic E-state index is 13.5. The summed E-state index contributed by atoms with van der Waals surface area (Å²) in [6, 6.07) is 15.0. The summed E-state index contributed by atoms with van der Waals surface area (Å²) in [6.45, 7) is 1.08. The lowest BCUT2D eigenvalue weighted by Crippen LogP contribution is -2.14. The Hall–Kier alpha value is -3.52. The van der Waals surface area contributed by atoms with Gasteiger partial charge in [0.15, 0.2) is 17.0 Å². The molecule has 1 fully saturated rings. The molecule has 0 saturated heterocycles. The minimum Gasteiger partial charge on any atom is -0.368 e. The van der Waals surface area contributed by atoms with Crippen LogP contribution in [0.1, 0.15) is 43.1 Å². The number of nitrogen functional groups attached to an aromatic ring is 1. The summed E-state index contributed by atoms with van der Waals surface area (Å²) >= 11 is 0. The second-order valence-corrected chi connectivity index (χ2v) is 8.54. The van der Waals surface area contributed by atoms with Gasteiger partial charge >= 0.3 is 0 Å². The molecule has 0 spiro atoms. The normalized spacial score (nSPS) is 14.2. The van der Waals surface area contributed by atoms with Crippen LogP contribution in [0.15, 0.2) is 48.5 Å². The Balaban J connectivity index is 1.41.